The lowest BCUT2D eigenvalue weighted by Gasteiger charge is -2.26. The van der Waals surface area contributed by atoms with E-state index in [1.807, 2.05) is 85.5 Å². The van der Waals surface area contributed by atoms with E-state index < -0.39 is 0 Å². The van der Waals surface area contributed by atoms with E-state index in [-0.39, 0.29) is 6.04 Å². The third-order valence-corrected chi connectivity index (χ3v) is 10.7. The molecule has 0 aliphatic carbocycles. The van der Waals surface area contributed by atoms with Crippen molar-refractivity contribution in [2.45, 2.75) is 6.04 Å². The van der Waals surface area contributed by atoms with Crippen LogP contribution in [-0.2, 0) is 0 Å². The zero-order valence-corrected chi connectivity index (χ0v) is 30.2. The highest BCUT2D eigenvalue weighted by Crippen LogP contribution is 2.43. The van der Waals surface area contributed by atoms with Crippen LogP contribution >= 0.6 is 0 Å². The summed E-state index contributed by atoms with van der Waals surface area (Å²) in [6.07, 6.45) is 12.2. The van der Waals surface area contributed by atoms with E-state index in [0.717, 1.165) is 61.4 Å². The normalized spacial score (nSPS) is 14.2. The Kier molecular flexibility index (Phi) is 7.41. The summed E-state index contributed by atoms with van der Waals surface area (Å²) in [4.78, 5) is 19.3. The SMILES string of the molecule is C1=C(c2cnc(-c3ccccc3)nc2)NC(c2cnc(-c3ccccc3)nc2)C=C1n1c2ccccc2c2ccc3c4ccccc4n(-c4ccccc4)c3c21. The van der Waals surface area contributed by atoms with Crippen LogP contribution in [0.15, 0.2) is 189 Å². The molecule has 7 nitrogen and oxygen atoms in total. The predicted molar refractivity (Wildman–Crippen MR) is 227 cm³/mol. The summed E-state index contributed by atoms with van der Waals surface area (Å²) in [6.45, 7) is 0. The summed E-state index contributed by atoms with van der Waals surface area (Å²) < 4.78 is 4.84. The molecule has 1 aliphatic heterocycles. The van der Waals surface area contributed by atoms with Gasteiger partial charge in [0.15, 0.2) is 11.6 Å². The number of fused-ring (bicyclic) bond motifs is 7. The van der Waals surface area contributed by atoms with Crippen molar-refractivity contribution in [3.8, 4) is 28.5 Å². The summed E-state index contributed by atoms with van der Waals surface area (Å²) >= 11 is 0. The third-order valence-electron chi connectivity index (χ3n) is 10.7. The van der Waals surface area contributed by atoms with E-state index in [1.54, 1.807) is 0 Å². The van der Waals surface area contributed by atoms with Crippen LogP contribution in [-0.4, -0.2) is 29.1 Å². The Balaban J connectivity index is 1.16. The molecule has 0 amide bonds. The van der Waals surface area contributed by atoms with Gasteiger partial charge in [0, 0.05) is 85.7 Å². The maximum absolute atomic E-state index is 4.83. The monoisotopic (exact) mass is 719 g/mol. The molecule has 6 aromatic carbocycles. The molecule has 5 heterocycles. The third kappa shape index (κ3) is 5.21. The van der Waals surface area contributed by atoms with E-state index in [9.17, 15) is 0 Å². The first kappa shape index (κ1) is 31.8. The van der Waals surface area contributed by atoms with E-state index in [4.69, 9.17) is 19.9 Å². The smallest absolute Gasteiger partial charge is 0.159 e. The van der Waals surface area contributed by atoms with Crippen molar-refractivity contribution in [1.82, 2.24) is 34.4 Å². The highest BCUT2D eigenvalue weighted by molar-refractivity contribution is 6.24. The maximum Gasteiger partial charge on any atom is 0.159 e. The number of nitrogens with zero attached hydrogens (tertiary/aromatic N) is 6. The average molecular weight is 720 g/mol. The summed E-state index contributed by atoms with van der Waals surface area (Å²) in [5, 5.41) is 8.58. The summed E-state index contributed by atoms with van der Waals surface area (Å²) in [5.41, 5.74) is 11.4. The van der Waals surface area contributed by atoms with Crippen molar-refractivity contribution in [3.63, 3.8) is 0 Å². The van der Waals surface area contributed by atoms with E-state index in [2.05, 4.69) is 118 Å². The van der Waals surface area contributed by atoms with Gasteiger partial charge in [0.2, 0.25) is 0 Å². The highest BCUT2D eigenvalue weighted by atomic mass is 15.1. The standard InChI is InChI=1S/C49H33N7/c1-4-14-32(15-5-1)48-50-28-34(29-51-48)42-26-37(27-43(54-42)35-30-52-49(53-31-35)33-16-6-2-7-17-33)56-45-23-13-11-21-39(45)41-25-24-40-38-20-10-12-22-44(38)55(46(40)47(41)56)36-18-8-3-9-19-36/h1-31,42,54H. The molecule has 0 spiro atoms. The fourth-order valence-electron chi connectivity index (χ4n) is 8.16. The van der Waals surface area contributed by atoms with Crippen LogP contribution < -0.4 is 5.32 Å². The van der Waals surface area contributed by atoms with Crippen molar-refractivity contribution in [1.29, 1.82) is 0 Å². The summed E-state index contributed by atoms with van der Waals surface area (Å²) in [5.74, 6) is 1.37. The molecule has 1 N–H and O–H groups in total. The highest BCUT2D eigenvalue weighted by Gasteiger charge is 2.25. The molecular weight excluding hydrogens is 687 g/mol. The fraction of sp³-hybridized carbons (Fsp3) is 0.0204. The minimum Gasteiger partial charge on any atom is -0.374 e. The van der Waals surface area contributed by atoms with E-state index >= 15 is 0 Å². The Morgan fingerprint density at radius 2 is 0.911 bits per heavy atom. The Morgan fingerprint density at radius 1 is 0.429 bits per heavy atom. The van der Waals surface area contributed by atoms with Gasteiger partial charge in [-0.3, -0.25) is 0 Å². The molecule has 1 atom stereocenters. The largest absolute Gasteiger partial charge is 0.374 e. The van der Waals surface area contributed by atoms with Crippen LogP contribution in [0.4, 0.5) is 0 Å². The number of hydrogen-bond donors (Lipinski definition) is 1. The van der Waals surface area contributed by atoms with Gasteiger partial charge in [0.1, 0.15) is 0 Å². The molecule has 11 rings (SSSR count). The van der Waals surface area contributed by atoms with Gasteiger partial charge < -0.3 is 14.5 Å². The van der Waals surface area contributed by atoms with Crippen LogP contribution in [0.1, 0.15) is 17.2 Å². The van der Waals surface area contributed by atoms with Crippen molar-refractivity contribution in [2.24, 2.45) is 0 Å². The van der Waals surface area contributed by atoms with Gasteiger partial charge in [-0.25, -0.2) is 19.9 Å². The molecule has 1 aliphatic rings. The van der Waals surface area contributed by atoms with Gasteiger partial charge in [-0.2, -0.15) is 0 Å². The minimum absolute atomic E-state index is 0.251. The summed E-state index contributed by atoms with van der Waals surface area (Å²) in [6, 6.07) is 52.5. The van der Waals surface area contributed by atoms with Gasteiger partial charge >= 0.3 is 0 Å². The number of nitrogens with one attached hydrogen (secondary N) is 1. The Morgan fingerprint density at radius 3 is 1.50 bits per heavy atom. The lowest BCUT2D eigenvalue weighted by Crippen LogP contribution is -2.23. The number of aromatic nitrogens is 6. The lowest BCUT2D eigenvalue weighted by atomic mass is 10.0. The number of hydrogen-bond acceptors (Lipinski definition) is 5. The number of benzene rings is 6. The number of dihydropyridines is 1. The topological polar surface area (TPSA) is 73.5 Å². The number of rotatable bonds is 6. The second kappa shape index (κ2) is 13.0. The molecule has 7 heteroatoms. The first-order valence-corrected chi connectivity index (χ1v) is 18.7. The molecular formula is C49H33N7. The van der Waals surface area contributed by atoms with Crippen molar-refractivity contribution >= 4 is 55.0 Å². The van der Waals surface area contributed by atoms with Crippen LogP contribution in [0.25, 0.3) is 83.5 Å². The van der Waals surface area contributed by atoms with Gasteiger partial charge in [0.05, 0.1) is 28.1 Å². The zero-order valence-electron chi connectivity index (χ0n) is 30.2. The van der Waals surface area contributed by atoms with Crippen LogP contribution in [0, 0.1) is 0 Å². The molecule has 4 aromatic heterocycles. The Labute approximate surface area is 322 Å². The van der Waals surface area contributed by atoms with E-state index in [0.29, 0.717) is 11.6 Å². The van der Waals surface area contributed by atoms with Gasteiger partial charge in [0.25, 0.3) is 0 Å². The van der Waals surface area contributed by atoms with Crippen LogP contribution in [0.2, 0.25) is 0 Å². The van der Waals surface area contributed by atoms with E-state index in [1.165, 1.54) is 21.5 Å². The average Bonchev–Trinajstić information content (AvgIpc) is 3.80. The van der Waals surface area contributed by atoms with Gasteiger partial charge in [-0.1, -0.05) is 127 Å². The molecule has 0 saturated heterocycles. The Bertz CT molecular complexity index is 3130. The predicted octanol–water partition coefficient (Wildman–Crippen LogP) is 11.0. The number of allylic oxidation sites excluding steroid dienone is 2. The quantitative estimate of drug-likeness (QED) is 0.185. The second-order valence-corrected chi connectivity index (χ2v) is 14.0. The molecule has 10 aromatic rings. The molecule has 1 unspecified atom stereocenters. The molecule has 0 bridgehead atoms. The van der Waals surface area contributed by atoms with Crippen LogP contribution in [0.5, 0.6) is 0 Å². The van der Waals surface area contributed by atoms with Gasteiger partial charge in [-0.05, 0) is 36.4 Å². The molecule has 0 radical (unpaired) electrons. The van der Waals surface area contributed by atoms with Crippen LogP contribution in [0.3, 0.4) is 0 Å². The zero-order chi connectivity index (χ0) is 37.0. The molecule has 264 valence electrons. The fourth-order valence-corrected chi connectivity index (χ4v) is 8.16. The van der Waals surface area contributed by atoms with Gasteiger partial charge in [-0.15, -0.1) is 0 Å². The molecule has 0 fully saturated rings. The first-order chi connectivity index (χ1) is 27.8. The maximum atomic E-state index is 4.83. The van der Waals surface area contributed by atoms with Crippen molar-refractivity contribution < 1.29 is 0 Å². The first-order valence-electron chi connectivity index (χ1n) is 18.7. The lowest BCUT2D eigenvalue weighted by molar-refractivity contribution is 0.751. The molecule has 56 heavy (non-hydrogen) atoms. The number of para-hydroxylation sites is 3. The van der Waals surface area contributed by atoms with Crippen molar-refractivity contribution in [3.05, 3.63) is 200 Å². The van der Waals surface area contributed by atoms with Crippen molar-refractivity contribution in [2.75, 3.05) is 0 Å². The summed E-state index contributed by atoms with van der Waals surface area (Å²) in [7, 11) is 0. The second-order valence-electron chi connectivity index (χ2n) is 14.0. The minimum atomic E-state index is -0.251. The Hall–Kier alpha value is -7.64. The molecule has 0 saturated carbocycles.